The highest BCUT2D eigenvalue weighted by molar-refractivity contribution is 5.94. The molecule has 1 aliphatic heterocycles. The summed E-state index contributed by atoms with van der Waals surface area (Å²) in [6.45, 7) is 3.12. The summed E-state index contributed by atoms with van der Waals surface area (Å²) in [5, 5.41) is 3.05. The number of nitrogens with zero attached hydrogens (tertiary/aromatic N) is 2. The summed E-state index contributed by atoms with van der Waals surface area (Å²) >= 11 is 0. The van der Waals surface area contributed by atoms with Crippen LogP contribution in [0.1, 0.15) is 41.7 Å². The van der Waals surface area contributed by atoms with Crippen molar-refractivity contribution in [2.45, 2.75) is 25.8 Å². The van der Waals surface area contributed by atoms with Gasteiger partial charge in [-0.2, -0.15) is 0 Å². The second-order valence-corrected chi connectivity index (χ2v) is 6.47. The summed E-state index contributed by atoms with van der Waals surface area (Å²) in [6, 6.07) is 13.0. The summed E-state index contributed by atoms with van der Waals surface area (Å²) < 4.78 is 0. The highest BCUT2D eigenvalue weighted by Crippen LogP contribution is 2.20. The van der Waals surface area contributed by atoms with Crippen LogP contribution in [0.5, 0.6) is 0 Å². The van der Waals surface area contributed by atoms with E-state index in [1.54, 1.807) is 17.3 Å². The molecule has 130 valence electrons. The van der Waals surface area contributed by atoms with E-state index in [1.165, 1.54) is 0 Å². The largest absolute Gasteiger partial charge is 0.349 e. The summed E-state index contributed by atoms with van der Waals surface area (Å²) in [4.78, 5) is 31.1. The van der Waals surface area contributed by atoms with E-state index in [0.717, 1.165) is 18.4 Å². The van der Waals surface area contributed by atoms with E-state index in [4.69, 9.17) is 0 Å². The fourth-order valence-corrected chi connectivity index (χ4v) is 3.19. The first-order valence-electron chi connectivity index (χ1n) is 8.70. The molecule has 0 spiro atoms. The normalized spacial score (nSPS) is 18.4. The lowest BCUT2D eigenvalue weighted by molar-refractivity contribution is -0.127. The maximum atomic E-state index is 12.6. The van der Waals surface area contributed by atoms with Gasteiger partial charge in [-0.25, -0.2) is 0 Å². The zero-order valence-electron chi connectivity index (χ0n) is 14.4. The summed E-state index contributed by atoms with van der Waals surface area (Å²) in [7, 11) is 0. The lowest BCUT2D eigenvalue weighted by Gasteiger charge is -2.32. The van der Waals surface area contributed by atoms with Crippen LogP contribution < -0.4 is 5.32 Å². The molecule has 1 aliphatic rings. The molecule has 2 unspecified atom stereocenters. The van der Waals surface area contributed by atoms with E-state index in [2.05, 4.69) is 10.3 Å². The first kappa shape index (κ1) is 17.1. The van der Waals surface area contributed by atoms with Gasteiger partial charge in [-0.3, -0.25) is 14.6 Å². The SMILES string of the molecule is CC(NC(=O)C1CCCN(C(=O)c2ccccc2)C1)c1cccnc1. The van der Waals surface area contributed by atoms with Gasteiger partial charge in [0.05, 0.1) is 12.0 Å². The number of rotatable bonds is 4. The Hall–Kier alpha value is -2.69. The van der Waals surface area contributed by atoms with E-state index < -0.39 is 0 Å². The number of aromatic nitrogens is 1. The van der Waals surface area contributed by atoms with Crippen molar-refractivity contribution in [1.82, 2.24) is 15.2 Å². The second kappa shape index (κ2) is 7.92. The molecule has 1 aromatic heterocycles. The van der Waals surface area contributed by atoms with Crippen molar-refractivity contribution in [2.24, 2.45) is 5.92 Å². The van der Waals surface area contributed by atoms with Crippen molar-refractivity contribution >= 4 is 11.8 Å². The van der Waals surface area contributed by atoms with Crippen molar-refractivity contribution < 1.29 is 9.59 Å². The van der Waals surface area contributed by atoms with Gasteiger partial charge in [0.25, 0.3) is 5.91 Å². The van der Waals surface area contributed by atoms with Gasteiger partial charge in [0, 0.05) is 31.0 Å². The van der Waals surface area contributed by atoms with Gasteiger partial charge in [0.1, 0.15) is 0 Å². The Kier molecular flexibility index (Phi) is 5.43. The Balaban J connectivity index is 1.61. The molecule has 1 N–H and O–H groups in total. The van der Waals surface area contributed by atoms with Crippen LogP contribution in [0.4, 0.5) is 0 Å². The van der Waals surface area contributed by atoms with Crippen molar-refractivity contribution in [2.75, 3.05) is 13.1 Å². The van der Waals surface area contributed by atoms with Crippen LogP contribution in [-0.2, 0) is 4.79 Å². The maximum absolute atomic E-state index is 12.6. The average Bonchev–Trinajstić information content (AvgIpc) is 2.68. The van der Waals surface area contributed by atoms with E-state index >= 15 is 0 Å². The molecule has 2 amide bonds. The van der Waals surface area contributed by atoms with E-state index in [1.807, 2.05) is 49.4 Å². The van der Waals surface area contributed by atoms with Crippen LogP contribution in [0, 0.1) is 5.92 Å². The zero-order chi connectivity index (χ0) is 17.6. The number of piperidine rings is 1. The fraction of sp³-hybridized carbons (Fsp3) is 0.350. The number of likely N-dealkylation sites (tertiary alicyclic amines) is 1. The van der Waals surface area contributed by atoms with E-state index in [0.29, 0.717) is 18.7 Å². The van der Waals surface area contributed by atoms with Gasteiger partial charge in [-0.1, -0.05) is 24.3 Å². The molecule has 5 nitrogen and oxygen atoms in total. The molecule has 2 heterocycles. The van der Waals surface area contributed by atoms with Crippen molar-refractivity contribution in [3.63, 3.8) is 0 Å². The van der Waals surface area contributed by atoms with Crippen LogP contribution in [0.15, 0.2) is 54.9 Å². The minimum atomic E-state index is -0.166. The third kappa shape index (κ3) is 4.24. The fourth-order valence-electron chi connectivity index (χ4n) is 3.19. The summed E-state index contributed by atoms with van der Waals surface area (Å²) in [5.74, 6) is -0.166. The third-order valence-corrected chi connectivity index (χ3v) is 4.64. The first-order valence-corrected chi connectivity index (χ1v) is 8.70. The van der Waals surface area contributed by atoms with Crippen molar-refractivity contribution in [3.05, 3.63) is 66.0 Å². The minimum Gasteiger partial charge on any atom is -0.349 e. The van der Waals surface area contributed by atoms with Gasteiger partial charge in [-0.15, -0.1) is 0 Å². The number of benzene rings is 1. The number of hydrogen-bond acceptors (Lipinski definition) is 3. The molecule has 0 radical (unpaired) electrons. The monoisotopic (exact) mass is 337 g/mol. The summed E-state index contributed by atoms with van der Waals surface area (Å²) in [6.07, 6.45) is 5.13. The molecule has 0 aliphatic carbocycles. The van der Waals surface area contributed by atoms with Crippen LogP contribution >= 0.6 is 0 Å². The molecule has 5 heteroatoms. The molecule has 3 rings (SSSR count). The molecule has 1 fully saturated rings. The van der Waals surface area contributed by atoms with Crippen molar-refractivity contribution in [3.8, 4) is 0 Å². The van der Waals surface area contributed by atoms with Gasteiger partial charge in [0.2, 0.25) is 5.91 Å². The second-order valence-electron chi connectivity index (χ2n) is 6.47. The Bertz CT molecular complexity index is 718. The smallest absolute Gasteiger partial charge is 0.253 e. The average molecular weight is 337 g/mol. The molecule has 1 aromatic carbocycles. The quantitative estimate of drug-likeness (QED) is 0.933. The standard InChI is InChI=1S/C20H23N3O2/c1-15(17-9-5-11-21-13-17)22-19(24)18-10-6-12-23(14-18)20(25)16-7-3-2-4-8-16/h2-5,7-9,11,13,15,18H,6,10,12,14H2,1H3,(H,22,24). The lowest BCUT2D eigenvalue weighted by atomic mass is 9.96. The zero-order valence-corrected chi connectivity index (χ0v) is 14.4. The predicted molar refractivity (Wildman–Crippen MR) is 95.9 cm³/mol. The summed E-state index contributed by atoms with van der Waals surface area (Å²) in [5.41, 5.74) is 1.65. The topological polar surface area (TPSA) is 62.3 Å². The molecule has 25 heavy (non-hydrogen) atoms. The van der Waals surface area contributed by atoms with Gasteiger partial charge in [-0.05, 0) is 43.5 Å². The molecule has 2 atom stereocenters. The van der Waals surface area contributed by atoms with E-state index in [-0.39, 0.29) is 23.8 Å². The van der Waals surface area contributed by atoms with Gasteiger partial charge < -0.3 is 10.2 Å². The molecular formula is C20H23N3O2. The molecule has 0 saturated carbocycles. The maximum Gasteiger partial charge on any atom is 0.253 e. The minimum absolute atomic E-state index is 0.00147. The van der Waals surface area contributed by atoms with Crippen molar-refractivity contribution in [1.29, 1.82) is 0 Å². The van der Waals surface area contributed by atoms with Gasteiger partial charge >= 0.3 is 0 Å². The number of carbonyl (C=O) groups is 2. The first-order chi connectivity index (χ1) is 12.1. The Labute approximate surface area is 148 Å². The molecule has 0 bridgehead atoms. The Morgan fingerprint density at radius 3 is 2.72 bits per heavy atom. The Morgan fingerprint density at radius 2 is 2.00 bits per heavy atom. The van der Waals surface area contributed by atoms with Crippen LogP contribution in [-0.4, -0.2) is 34.8 Å². The van der Waals surface area contributed by atoms with Crippen LogP contribution in [0.25, 0.3) is 0 Å². The Morgan fingerprint density at radius 1 is 1.20 bits per heavy atom. The lowest BCUT2D eigenvalue weighted by Crippen LogP contribution is -2.45. The molecule has 1 saturated heterocycles. The molecule has 2 aromatic rings. The molecular weight excluding hydrogens is 314 g/mol. The van der Waals surface area contributed by atoms with Crippen LogP contribution in [0.2, 0.25) is 0 Å². The number of carbonyl (C=O) groups excluding carboxylic acids is 2. The number of pyridine rings is 1. The van der Waals surface area contributed by atoms with Gasteiger partial charge in [0.15, 0.2) is 0 Å². The van der Waals surface area contributed by atoms with Crippen LogP contribution in [0.3, 0.4) is 0 Å². The number of nitrogens with one attached hydrogen (secondary N) is 1. The van der Waals surface area contributed by atoms with E-state index in [9.17, 15) is 9.59 Å². The highest BCUT2D eigenvalue weighted by Gasteiger charge is 2.29. The highest BCUT2D eigenvalue weighted by atomic mass is 16.2. The predicted octanol–water partition coefficient (Wildman–Crippen LogP) is 2.81. The number of hydrogen-bond donors (Lipinski definition) is 1. The third-order valence-electron chi connectivity index (χ3n) is 4.64. The number of amides is 2.